The third-order valence-corrected chi connectivity index (χ3v) is 6.95. The normalized spacial score (nSPS) is 27.3. The van der Waals surface area contributed by atoms with Crippen LogP contribution in [0.5, 0.6) is 0 Å². The van der Waals surface area contributed by atoms with Gasteiger partial charge in [-0.2, -0.15) is 0 Å². The number of allylic oxidation sites excluding steroid dienone is 2. The molecule has 0 amide bonds. The van der Waals surface area contributed by atoms with E-state index in [9.17, 15) is 0 Å². The van der Waals surface area contributed by atoms with E-state index >= 15 is 0 Å². The number of hydrogen-bond acceptors (Lipinski definition) is 3. The Kier molecular flexibility index (Phi) is 3.98. The molecule has 1 N–H and O–H groups in total. The summed E-state index contributed by atoms with van der Waals surface area (Å²) in [6, 6.07) is 3.66. The van der Waals surface area contributed by atoms with Crippen molar-refractivity contribution in [1.82, 2.24) is 5.32 Å². The number of piperidine rings is 1. The third kappa shape index (κ3) is 2.67. The molecule has 4 aliphatic rings. The first-order valence-electron chi connectivity index (χ1n) is 10.5. The Labute approximate surface area is 163 Å². The molecular formula is C24H31N3. The molecule has 1 aliphatic carbocycles. The Morgan fingerprint density at radius 3 is 2.67 bits per heavy atom. The number of rotatable bonds is 3. The summed E-state index contributed by atoms with van der Waals surface area (Å²) >= 11 is 0. The average Bonchev–Trinajstić information content (AvgIpc) is 3.42. The molecule has 1 aromatic rings. The van der Waals surface area contributed by atoms with E-state index in [1.807, 2.05) is 0 Å². The van der Waals surface area contributed by atoms with Gasteiger partial charge in [0.15, 0.2) is 0 Å². The van der Waals surface area contributed by atoms with Crippen LogP contribution in [0.1, 0.15) is 49.3 Å². The van der Waals surface area contributed by atoms with E-state index in [2.05, 4.69) is 60.5 Å². The molecule has 3 heteroatoms. The molecule has 0 radical (unpaired) electrons. The van der Waals surface area contributed by atoms with Crippen LogP contribution in [-0.4, -0.2) is 31.7 Å². The quantitative estimate of drug-likeness (QED) is 0.840. The predicted molar refractivity (Wildman–Crippen MR) is 116 cm³/mol. The minimum absolute atomic E-state index is 0.642. The number of hydrogen-bond donors (Lipinski definition) is 1. The average molecular weight is 362 g/mol. The Bertz CT molecular complexity index is 832. The molecular weight excluding hydrogens is 330 g/mol. The second-order valence-corrected chi connectivity index (χ2v) is 8.85. The molecule has 3 heterocycles. The molecule has 5 rings (SSSR count). The second kappa shape index (κ2) is 6.27. The van der Waals surface area contributed by atoms with Gasteiger partial charge in [0.1, 0.15) is 0 Å². The minimum atomic E-state index is 0.642. The highest BCUT2D eigenvalue weighted by Gasteiger charge is 2.38. The first kappa shape index (κ1) is 17.1. The van der Waals surface area contributed by atoms with Crippen molar-refractivity contribution in [1.29, 1.82) is 0 Å². The van der Waals surface area contributed by atoms with E-state index in [0.29, 0.717) is 12.1 Å². The Morgan fingerprint density at radius 1 is 1.15 bits per heavy atom. The van der Waals surface area contributed by atoms with Gasteiger partial charge in [-0.1, -0.05) is 19.2 Å². The molecule has 2 saturated heterocycles. The lowest BCUT2D eigenvalue weighted by Gasteiger charge is -2.35. The summed E-state index contributed by atoms with van der Waals surface area (Å²) in [5.41, 5.74) is 9.14. The standard InChI is InChI=1S/C24H31N3/c1-5-20-23(26-13-18-7-6-10-25-22(18)14-26)15(2)11-21-17(4)16(3)12-27(24(20)21)19-8-9-19/h5,11-12,18-19,22,25H,1,4,6-10,13-14H2,2-3H3. The Balaban J connectivity index is 1.63. The van der Waals surface area contributed by atoms with Gasteiger partial charge in [0.25, 0.3) is 0 Å². The van der Waals surface area contributed by atoms with Crippen LogP contribution in [0.25, 0.3) is 11.6 Å². The van der Waals surface area contributed by atoms with Gasteiger partial charge in [-0.25, -0.2) is 0 Å². The molecule has 0 aromatic heterocycles. The summed E-state index contributed by atoms with van der Waals surface area (Å²) in [4.78, 5) is 5.14. The highest BCUT2D eigenvalue weighted by Crippen LogP contribution is 2.48. The van der Waals surface area contributed by atoms with E-state index in [1.165, 1.54) is 65.9 Å². The van der Waals surface area contributed by atoms with Crippen molar-refractivity contribution >= 4 is 23.0 Å². The number of nitrogens with one attached hydrogen (secondary N) is 1. The fourth-order valence-corrected chi connectivity index (χ4v) is 5.38. The van der Waals surface area contributed by atoms with Crippen LogP contribution < -0.4 is 15.1 Å². The fraction of sp³-hybridized carbons (Fsp3) is 0.500. The maximum Gasteiger partial charge on any atom is 0.0582 e. The lowest BCUT2D eigenvalue weighted by atomic mass is 9.89. The van der Waals surface area contributed by atoms with Crippen LogP contribution in [0.3, 0.4) is 0 Å². The van der Waals surface area contributed by atoms with Crippen LogP contribution in [0.2, 0.25) is 0 Å². The first-order chi connectivity index (χ1) is 13.1. The maximum atomic E-state index is 4.40. The summed E-state index contributed by atoms with van der Waals surface area (Å²) < 4.78 is 0. The van der Waals surface area contributed by atoms with Crippen molar-refractivity contribution in [3.63, 3.8) is 0 Å². The molecule has 0 bridgehead atoms. The van der Waals surface area contributed by atoms with Crippen molar-refractivity contribution in [3.8, 4) is 0 Å². The third-order valence-electron chi connectivity index (χ3n) is 6.95. The Hall–Kier alpha value is -2.00. The van der Waals surface area contributed by atoms with Gasteiger partial charge in [0, 0.05) is 48.2 Å². The van der Waals surface area contributed by atoms with Crippen LogP contribution in [0.15, 0.2) is 31.0 Å². The summed E-state index contributed by atoms with van der Waals surface area (Å²) in [5.74, 6) is 0.781. The summed E-state index contributed by atoms with van der Waals surface area (Å²) in [6.07, 6.45) is 9.65. The van der Waals surface area contributed by atoms with Crippen LogP contribution in [0, 0.1) is 12.8 Å². The lowest BCUT2D eigenvalue weighted by Crippen LogP contribution is -2.40. The molecule has 27 heavy (non-hydrogen) atoms. The molecule has 142 valence electrons. The van der Waals surface area contributed by atoms with E-state index in [4.69, 9.17) is 0 Å². The van der Waals surface area contributed by atoms with Crippen molar-refractivity contribution < 1.29 is 0 Å². The van der Waals surface area contributed by atoms with Gasteiger partial charge >= 0.3 is 0 Å². The number of fused-ring (bicyclic) bond motifs is 2. The highest BCUT2D eigenvalue weighted by atomic mass is 15.2. The Morgan fingerprint density at radius 2 is 1.96 bits per heavy atom. The molecule has 2 atom stereocenters. The van der Waals surface area contributed by atoms with Crippen molar-refractivity contribution in [2.75, 3.05) is 29.4 Å². The molecule has 3 aliphatic heterocycles. The number of benzene rings is 1. The zero-order valence-corrected chi connectivity index (χ0v) is 16.7. The monoisotopic (exact) mass is 361 g/mol. The molecule has 1 aromatic carbocycles. The number of anilines is 2. The zero-order chi connectivity index (χ0) is 18.7. The van der Waals surface area contributed by atoms with Gasteiger partial charge in [0.2, 0.25) is 0 Å². The molecule has 3 fully saturated rings. The number of aryl methyl sites for hydroxylation is 1. The minimum Gasteiger partial charge on any atom is -0.369 e. The van der Waals surface area contributed by atoms with E-state index in [-0.39, 0.29) is 0 Å². The first-order valence-corrected chi connectivity index (χ1v) is 10.5. The lowest BCUT2D eigenvalue weighted by molar-refractivity contribution is 0.340. The molecule has 1 saturated carbocycles. The van der Waals surface area contributed by atoms with E-state index in [0.717, 1.165) is 24.6 Å². The van der Waals surface area contributed by atoms with Crippen LogP contribution in [-0.2, 0) is 0 Å². The van der Waals surface area contributed by atoms with E-state index in [1.54, 1.807) is 0 Å². The number of nitrogens with zero attached hydrogens (tertiary/aromatic N) is 2. The SMILES string of the molecule is C=Cc1c(N2CC3CCCNC3C2)c(C)cc2c1N(C1CC1)C=C(C)C2=C. The summed E-state index contributed by atoms with van der Waals surface area (Å²) in [5, 5.41) is 3.75. The largest absolute Gasteiger partial charge is 0.369 e. The van der Waals surface area contributed by atoms with E-state index < -0.39 is 0 Å². The smallest absolute Gasteiger partial charge is 0.0582 e. The van der Waals surface area contributed by atoms with Crippen molar-refractivity contribution in [2.24, 2.45) is 5.92 Å². The van der Waals surface area contributed by atoms with Crippen LogP contribution >= 0.6 is 0 Å². The highest BCUT2D eigenvalue weighted by molar-refractivity contribution is 5.96. The zero-order valence-electron chi connectivity index (χ0n) is 16.7. The van der Waals surface area contributed by atoms with Gasteiger partial charge in [0.05, 0.1) is 5.69 Å². The fourth-order valence-electron chi connectivity index (χ4n) is 5.38. The summed E-state index contributed by atoms with van der Waals surface area (Å²) in [6.45, 7) is 16.5. The topological polar surface area (TPSA) is 18.5 Å². The molecule has 2 unspecified atom stereocenters. The van der Waals surface area contributed by atoms with Crippen molar-refractivity contribution in [2.45, 2.75) is 51.6 Å². The van der Waals surface area contributed by atoms with Gasteiger partial charge in [-0.3, -0.25) is 0 Å². The maximum absolute atomic E-state index is 4.40. The summed E-state index contributed by atoms with van der Waals surface area (Å²) in [7, 11) is 0. The van der Waals surface area contributed by atoms with Crippen molar-refractivity contribution in [3.05, 3.63) is 47.7 Å². The molecule has 3 nitrogen and oxygen atoms in total. The van der Waals surface area contributed by atoms with Gasteiger partial charge < -0.3 is 15.1 Å². The van der Waals surface area contributed by atoms with Gasteiger partial charge in [-0.05, 0) is 74.8 Å². The second-order valence-electron chi connectivity index (χ2n) is 8.85. The van der Waals surface area contributed by atoms with Gasteiger partial charge in [-0.15, -0.1) is 0 Å². The molecule has 0 spiro atoms. The predicted octanol–water partition coefficient (Wildman–Crippen LogP) is 4.73. The van der Waals surface area contributed by atoms with Crippen LogP contribution in [0.4, 0.5) is 11.4 Å².